The Labute approximate surface area is 134 Å². The van der Waals surface area contributed by atoms with E-state index in [2.05, 4.69) is 56.1 Å². The fourth-order valence-electron chi connectivity index (χ4n) is 1.77. The molecule has 0 aliphatic heterocycles. The van der Waals surface area contributed by atoms with Crippen molar-refractivity contribution < 1.29 is 0 Å². The third kappa shape index (κ3) is 4.19. The normalized spacial score (nSPS) is 11.0. The summed E-state index contributed by atoms with van der Waals surface area (Å²) >= 11 is 10.9. The topological polar surface area (TPSA) is 0 Å². The molecule has 0 radical (unpaired) electrons. The molecule has 2 rings (SSSR count). The molecule has 0 bridgehead atoms. The fraction of sp³-hybridized carbons (Fsp3) is 0.429. The summed E-state index contributed by atoms with van der Waals surface area (Å²) in [6.07, 6.45) is 4.83. The third-order valence-electron chi connectivity index (χ3n) is 2.68. The number of halogens is 2. The minimum absolute atomic E-state index is 1.09. The number of alkyl halides is 2. The monoisotopic (exact) mass is 406 g/mol. The molecule has 0 aromatic carbocycles. The van der Waals surface area contributed by atoms with Crippen LogP contribution < -0.4 is 0 Å². The number of hydrogen-bond donors (Lipinski definition) is 0. The van der Waals surface area contributed by atoms with E-state index in [0.29, 0.717) is 0 Å². The van der Waals surface area contributed by atoms with Crippen molar-refractivity contribution in [2.24, 2.45) is 0 Å². The van der Waals surface area contributed by atoms with Gasteiger partial charge in [-0.3, -0.25) is 0 Å². The minimum Gasteiger partial charge on any atom is -0.139 e. The molecule has 0 spiro atoms. The molecule has 18 heavy (non-hydrogen) atoms. The molecule has 0 unspecified atom stereocenters. The van der Waals surface area contributed by atoms with Crippen LogP contribution in [0.2, 0.25) is 0 Å². The maximum Gasteiger partial charge on any atom is 0.0445 e. The van der Waals surface area contributed by atoms with Gasteiger partial charge in [-0.2, -0.15) is 0 Å². The number of thiophene rings is 2. The maximum atomic E-state index is 3.49. The highest BCUT2D eigenvalue weighted by molar-refractivity contribution is 9.09. The van der Waals surface area contributed by atoms with Gasteiger partial charge in [0.05, 0.1) is 0 Å². The van der Waals surface area contributed by atoms with Crippen LogP contribution in [-0.2, 0) is 12.8 Å². The first-order valence-corrected chi connectivity index (χ1v) is 10.0. The fourth-order valence-corrected chi connectivity index (χ4v) is 4.52. The van der Waals surface area contributed by atoms with Crippen LogP contribution in [0.25, 0.3) is 9.75 Å². The average Bonchev–Trinajstić information content (AvgIpc) is 3.02. The standard InChI is InChI=1S/C14H16Br2S2/c15-9-1-3-11-5-7-13(17-11)14-8-6-12(18-14)4-2-10-16/h5-8H,1-4,9-10H2. The lowest BCUT2D eigenvalue weighted by Gasteiger charge is -1.93. The smallest absolute Gasteiger partial charge is 0.0445 e. The minimum atomic E-state index is 1.09. The summed E-state index contributed by atoms with van der Waals surface area (Å²) in [5, 5.41) is 2.19. The molecule has 0 aliphatic rings. The second-order valence-corrected chi connectivity index (χ2v) is 8.04. The molecule has 98 valence electrons. The Morgan fingerprint density at radius 2 is 1.17 bits per heavy atom. The van der Waals surface area contributed by atoms with Gasteiger partial charge in [0.15, 0.2) is 0 Å². The SMILES string of the molecule is BrCCCc1ccc(-c2ccc(CCCBr)s2)s1. The van der Waals surface area contributed by atoms with Crippen molar-refractivity contribution in [3.8, 4) is 9.75 Å². The Bertz CT molecular complexity index is 429. The Morgan fingerprint density at radius 3 is 1.56 bits per heavy atom. The van der Waals surface area contributed by atoms with E-state index in [1.807, 2.05) is 22.7 Å². The lowest BCUT2D eigenvalue weighted by Crippen LogP contribution is -1.79. The molecule has 0 aliphatic carbocycles. The second kappa shape index (κ2) is 7.83. The van der Waals surface area contributed by atoms with Crippen LogP contribution in [0.4, 0.5) is 0 Å². The zero-order chi connectivity index (χ0) is 12.8. The van der Waals surface area contributed by atoms with E-state index in [1.54, 1.807) is 0 Å². The van der Waals surface area contributed by atoms with Crippen molar-refractivity contribution >= 4 is 54.5 Å². The van der Waals surface area contributed by atoms with Crippen molar-refractivity contribution in [3.05, 3.63) is 34.0 Å². The Hall–Kier alpha value is 0.360. The molecular weight excluding hydrogens is 392 g/mol. The zero-order valence-electron chi connectivity index (χ0n) is 10.1. The van der Waals surface area contributed by atoms with E-state index in [1.165, 1.54) is 45.2 Å². The van der Waals surface area contributed by atoms with Crippen LogP contribution in [0.3, 0.4) is 0 Å². The molecule has 4 heteroatoms. The molecule has 0 N–H and O–H groups in total. The summed E-state index contributed by atoms with van der Waals surface area (Å²) in [5.74, 6) is 0. The molecule has 0 amide bonds. The molecule has 2 aromatic heterocycles. The van der Waals surface area contributed by atoms with Crippen molar-refractivity contribution in [1.29, 1.82) is 0 Å². The summed E-state index contributed by atoms with van der Waals surface area (Å²) in [6, 6.07) is 9.10. The zero-order valence-corrected chi connectivity index (χ0v) is 14.9. The first-order valence-electron chi connectivity index (χ1n) is 6.13. The van der Waals surface area contributed by atoms with Crippen LogP contribution in [0, 0.1) is 0 Å². The maximum absolute atomic E-state index is 3.49. The van der Waals surface area contributed by atoms with Crippen LogP contribution >= 0.6 is 54.5 Å². The van der Waals surface area contributed by atoms with Gasteiger partial charge in [-0.25, -0.2) is 0 Å². The van der Waals surface area contributed by atoms with Gasteiger partial charge in [0.1, 0.15) is 0 Å². The molecular formula is C14H16Br2S2. The van der Waals surface area contributed by atoms with E-state index < -0.39 is 0 Å². The highest BCUT2D eigenvalue weighted by atomic mass is 79.9. The van der Waals surface area contributed by atoms with Crippen LogP contribution in [0.1, 0.15) is 22.6 Å². The van der Waals surface area contributed by atoms with Gasteiger partial charge >= 0.3 is 0 Å². The van der Waals surface area contributed by atoms with Crippen LogP contribution in [-0.4, -0.2) is 10.7 Å². The van der Waals surface area contributed by atoms with Crippen molar-refractivity contribution in [2.45, 2.75) is 25.7 Å². The molecule has 2 heterocycles. The molecule has 0 atom stereocenters. The van der Waals surface area contributed by atoms with Crippen LogP contribution in [0.5, 0.6) is 0 Å². The van der Waals surface area contributed by atoms with Gasteiger partial charge in [-0.15, -0.1) is 22.7 Å². The van der Waals surface area contributed by atoms with Gasteiger partial charge in [0.25, 0.3) is 0 Å². The Kier molecular flexibility index (Phi) is 6.42. The average molecular weight is 408 g/mol. The first kappa shape index (κ1) is 14.8. The number of aryl methyl sites for hydroxylation is 2. The summed E-state index contributed by atoms with van der Waals surface area (Å²) in [6.45, 7) is 0. The number of rotatable bonds is 7. The predicted molar refractivity (Wildman–Crippen MR) is 91.9 cm³/mol. The lowest BCUT2D eigenvalue weighted by molar-refractivity contribution is 0.959. The number of hydrogen-bond acceptors (Lipinski definition) is 2. The van der Waals surface area contributed by atoms with Gasteiger partial charge in [-0.05, 0) is 49.9 Å². The van der Waals surface area contributed by atoms with Crippen molar-refractivity contribution in [2.75, 3.05) is 10.7 Å². The molecule has 0 fully saturated rings. The first-order chi connectivity index (χ1) is 8.83. The summed E-state index contributed by atoms with van der Waals surface area (Å²) < 4.78 is 0. The quantitative estimate of drug-likeness (QED) is 0.484. The highest BCUT2D eigenvalue weighted by Gasteiger charge is 2.06. The van der Waals surface area contributed by atoms with Gasteiger partial charge in [0.2, 0.25) is 0 Å². The summed E-state index contributed by atoms with van der Waals surface area (Å²) in [5.41, 5.74) is 0. The molecule has 0 saturated heterocycles. The van der Waals surface area contributed by atoms with E-state index in [-0.39, 0.29) is 0 Å². The van der Waals surface area contributed by atoms with Gasteiger partial charge < -0.3 is 0 Å². The Balaban J connectivity index is 2.01. The van der Waals surface area contributed by atoms with E-state index in [4.69, 9.17) is 0 Å². The second-order valence-electron chi connectivity index (χ2n) is 4.12. The van der Waals surface area contributed by atoms with E-state index >= 15 is 0 Å². The largest absolute Gasteiger partial charge is 0.139 e. The summed E-state index contributed by atoms with van der Waals surface area (Å²) in [7, 11) is 0. The lowest BCUT2D eigenvalue weighted by atomic mass is 10.3. The predicted octanol–water partition coefficient (Wildman–Crippen LogP) is 6.13. The van der Waals surface area contributed by atoms with Crippen molar-refractivity contribution in [3.63, 3.8) is 0 Å². The van der Waals surface area contributed by atoms with E-state index in [9.17, 15) is 0 Å². The van der Waals surface area contributed by atoms with Gasteiger partial charge in [0, 0.05) is 30.2 Å². The molecule has 0 saturated carbocycles. The highest BCUT2D eigenvalue weighted by Crippen LogP contribution is 2.34. The van der Waals surface area contributed by atoms with Gasteiger partial charge in [-0.1, -0.05) is 31.9 Å². The van der Waals surface area contributed by atoms with E-state index in [0.717, 1.165) is 10.7 Å². The van der Waals surface area contributed by atoms with Crippen LogP contribution in [0.15, 0.2) is 24.3 Å². The third-order valence-corrected chi connectivity index (χ3v) is 6.29. The Morgan fingerprint density at radius 1 is 0.722 bits per heavy atom. The molecule has 2 aromatic rings. The summed E-state index contributed by atoms with van der Waals surface area (Å²) in [4.78, 5) is 5.85. The van der Waals surface area contributed by atoms with Crippen molar-refractivity contribution in [1.82, 2.24) is 0 Å². The molecule has 0 nitrogen and oxygen atoms in total.